The minimum Gasteiger partial charge on any atom is -0.379 e. The lowest BCUT2D eigenvalue weighted by molar-refractivity contribution is 0.000654. The molecular weight excluding hydrogens is 214 g/mol. The molecule has 0 aliphatic heterocycles. The van der Waals surface area contributed by atoms with Crippen molar-refractivity contribution in [3.63, 3.8) is 0 Å². The molecule has 0 radical (unpaired) electrons. The van der Waals surface area contributed by atoms with Gasteiger partial charge in [0, 0.05) is 12.6 Å². The second kappa shape index (κ2) is 11.0. The highest BCUT2D eigenvalue weighted by Gasteiger charge is 2.08. The second-order valence-corrected chi connectivity index (χ2v) is 5.24. The number of hydrogen-bond acceptors (Lipinski definition) is 3. The molecule has 2 unspecified atom stereocenters. The van der Waals surface area contributed by atoms with E-state index in [1.54, 1.807) is 0 Å². The van der Waals surface area contributed by atoms with Crippen LogP contribution < -0.4 is 5.32 Å². The summed E-state index contributed by atoms with van der Waals surface area (Å²) in [6.07, 6.45) is 2.55. The first kappa shape index (κ1) is 16.9. The molecule has 0 aliphatic rings. The van der Waals surface area contributed by atoms with Crippen LogP contribution in [0.1, 0.15) is 47.5 Å². The molecule has 0 aliphatic carbocycles. The van der Waals surface area contributed by atoms with Crippen molar-refractivity contribution in [1.29, 1.82) is 0 Å². The van der Waals surface area contributed by atoms with E-state index >= 15 is 0 Å². The first-order valence-electron chi connectivity index (χ1n) is 6.99. The molecule has 1 N–H and O–H groups in total. The quantitative estimate of drug-likeness (QED) is 0.568. The predicted octanol–water partition coefficient (Wildman–Crippen LogP) is 2.84. The number of rotatable bonds is 11. The van der Waals surface area contributed by atoms with Crippen LogP contribution in [0.15, 0.2) is 0 Å². The maximum absolute atomic E-state index is 5.71. The van der Waals surface area contributed by atoms with Gasteiger partial charge in [-0.25, -0.2) is 0 Å². The van der Waals surface area contributed by atoms with Crippen LogP contribution in [0, 0.1) is 5.92 Å². The van der Waals surface area contributed by atoms with Crippen LogP contribution >= 0.6 is 0 Å². The Balaban J connectivity index is 3.36. The molecule has 0 heterocycles. The van der Waals surface area contributed by atoms with E-state index in [2.05, 4.69) is 39.9 Å². The molecule has 3 heteroatoms. The molecule has 0 saturated heterocycles. The average Bonchev–Trinajstić information content (AvgIpc) is 2.25. The van der Waals surface area contributed by atoms with Gasteiger partial charge in [-0.1, -0.05) is 20.8 Å². The van der Waals surface area contributed by atoms with Gasteiger partial charge in [0.05, 0.1) is 19.3 Å². The van der Waals surface area contributed by atoms with Gasteiger partial charge in [-0.15, -0.1) is 0 Å². The maximum atomic E-state index is 5.71. The Morgan fingerprint density at radius 3 is 2.35 bits per heavy atom. The Hall–Kier alpha value is -0.120. The van der Waals surface area contributed by atoms with Crippen molar-refractivity contribution in [1.82, 2.24) is 5.32 Å². The van der Waals surface area contributed by atoms with Gasteiger partial charge >= 0.3 is 0 Å². The Bertz CT molecular complexity index is 162. The molecule has 0 aromatic carbocycles. The van der Waals surface area contributed by atoms with Gasteiger partial charge in [0.25, 0.3) is 0 Å². The fourth-order valence-electron chi connectivity index (χ4n) is 1.67. The lowest BCUT2D eigenvalue weighted by Crippen LogP contribution is -2.31. The molecule has 0 bridgehead atoms. The zero-order valence-electron chi connectivity index (χ0n) is 12.3. The fourth-order valence-corrected chi connectivity index (χ4v) is 1.67. The van der Waals surface area contributed by atoms with E-state index in [4.69, 9.17) is 9.47 Å². The molecule has 0 saturated carbocycles. The Morgan fingerprint density at radius 2 is 1.76 bits per heavy atom. The fraction of sp³-hybridized carbons (Fsp3) is 1.00. The normalized spacial score (nSPS) is 15.2. The molecular formula is C14H31NO2. The van der Waals surface area contributed by atoms with Crippen LogP contribution in [0.4, 0.5) is 0 Å². The third-order valence-electron chi connectivity index (χ3n) is 2.51. The van der Waals surface area contributed by atoms with Crippen molar-refractivity contribution in [2.24, 2.45) is 5.92 Å². The summed E-state index contributed by atoms with van der Waals surface area (Å²) in [7, 11) is 0. The van der Waals surface area contributed by atoms with Gasteiger partial charge in [-0.05, 0) is 39.2 Å². The number of hydrogen-bond donors (Lipinski definition) is 1. The molecule has 104 valence electrons. The summed E-state index contributed by atoms with van der Waals surface area (Å²) in [5.41, 5.74) is 0. The SMILES string of the molecule is CCCNC(C)CC(C)OCCOCC(C)C. The standard InChI is InChI=1S/C14H31NO2/c1-6-7-15-13(4)10-14(5)17-9-8-16-11-12(2)3/h12-15H,6-11H2,1-5H3. The summed E-state index contributed by atoms with van der Waals surface area (Å²) in [6.45, 7) is 14.2. The summed E-state index contributed by atoms with van der Waals surface area (Å²) >= 11 is 0. The largest absolute Gasteiger partial charge is 0.379 e. The molecule has 0 spiro atoms. The molecule has 0 amide bonds. The minimum absolute atomic E-state index is 0.303. The van der Waals surface area contributed by atoms with E-state index in [-0.39, 0.29) is 0 Å². The number of ether oxygens (including phenoxy) is 2. The predicted molar refractivity (Wildman–Crippen MR) is 73.4 cm³/mol. The molecule has 0 rings (SSSR count). The Kier molecular flexibility index (Phi) is 10.9. The first-order valence-corrected chi connectivity index (χ1v) is 6.99. The Morgan fingerprint density at radius 1 is 1.06 bits per heavy atom. The molecule has 0 fully saturated rings. The van der Waals surface area contributed by atoms with Crippen molar-refractivity contribution in [3.8, 4) is 0 Å². The Labute approximate surface area is 107 Å². The summed E-state index contributed by atoms with van der Waals surface area (Å²) in [4.78, 5) is 0. The number of nitrogens with one attached hydrogen (secondary N) is 1. The van der Waals surface area contributed by atoms with Crippen LogP contribution in [0.3, 0.4) is 0 Å². The third-order valence-corrected chi connectivity index (χ3v) is 2.51. The van der Waals surface area contributed by atoms with E-state index in [0.29, 0.717) is 31.3 Å². The highest BCUT2D eigenvalue weighted by molar-refractivity contribution is 4.64. The highest BCUT2D eigenvalue weighted by Crippen LogP contribution is 2.02. The summed E-state index contributed by atoms with van der Waals surface area (Å²) in [5.74, 6) is 0.602. The van der Waals surface area contributed by atoms with Gasteiger partial charge in [-0.3, -0.25) is 0 Å². The van der Waals surface area contributed by atoms with E-state index in [0.717, 1.165) is 19.6 Å². The minimum atomic E-state index is 0.303. The van der Waals surface area contributed by atoms with E-state index < -0.39 is 0 Å². The van der Waals surface area contributed by atoms with Crippen LogP contribution in [-0.4, -0.2) is 38.5 Å². The smallest absolute Gasteiger partial charge is 0.0704 e. The zero-order chi connectivity index (χ0) is 13.1. The summed E-state index contributed by atoms with van der Waals surface area (Å²) in [6, 6.07) is 0.529. The van der Waals surface area contributed by atoms with Gasteiger partial charge in [-0.2, -0.15) is 0 Å². The van der Waals surface area contributed by atoms with Gasteiger partial charge < -0.3 is 14.8 Å². The van der Waals surface area contributed by atoms with Crippen molar-refractivity contribution < 1.29 is 9.47 Å². The van der Waals surface area contributed by atoms with E-state index in [1.165, 1.54) is 6.42 Å². The summed E-state index contributed by atoms with van der Waals surface area (Å²) < 4.78 is 11.2. The molecule has 0 aromatic rings. The topological polar surface area (TPSA) is 30.5 Å². The second-order valence-electron chi connectivity index (χ2n) is 5.24. The van der Waals surface area contributed by atoms with Crippen LogP contribution in [-0.2, 0) is 9.47 Å². The first-order chi connectivity index (χ1) is 8.06. The lowest BCUT2D eigenvalue weighted by atomic mass is 10.1. The van der Waals surface area contributed by atoms with Crippen molar-refractivity contribution in [3.05, 3.63) is 0 Å². The molecule has 2 atom stereocenters. The monoisotopic (exact) mass is 245 g/mol. The van der Waals surface area contributed by atoms with Crippen LogP contribution in [0.5, 0.6) is 0 Å². The van der Waals surface area contributed by atoms with Crippen molar-refractivity contribution >= 4 is 0 Å². The summed E-state index contributed by atoms with van der Waals surface area (Å²) in [5, 5.41) is 3.47. The van der Waals surface area contributed by atoms with Gasteiger partial charge in [0.15, 0.2) is 0 Å². The zero-order valence-corrected chi connectivity index (χ0v) is 12.3. The highest BCUT2D eigenvalue weighted by atomic mass is 16.5. The third kappa shape index (κ3) is 12.1. The molecule has 0 aromatic heterocycles. The maximum Gasteiger partial charge on any atom is 0.0704 e. The van der Waals surface area contributed by atoms with Gasteiger partial charge in [0.1, 0.15) is 0 Å². The van der Waals surface area contributed by atoms with Crippen LogP contribution in [0.25, 0.3) is 0 Å². The molecule has 3 nitrogen and oxygen atoms in total. The molecule has 17 heavy (non-hydrogen) atoms. The van der Waals surface area contributed by atoms with E-state index in [1.807, 2.05) is 0 Å². The lowest BCUT2D eigenvalue weighted by Gasteiger charge is -2.19. The van der Waals surface area contributed by atoms with Crippen molar-refractivity contribution in [2.75, 3.05) is 26.4 Å². The van der Waals surface area contributed by atoms with Gasteiger partial charge in [0.2, 0.25) is 0 Å². The van der Waals surface area contributed by atoms with E-state index in [9.17, 15) is 0 Å². The average molecular weight is 245 g/mol. The van der Waals surface area contributed by atoms with Crippen molar-refractivity contribution in [2.45, 2.75) is 59.6 Å². The van der Waals surface area contributed by atoms with Crippen LogP contribution in [0.2, 0.25) is 0 Å².